The maximum Gasteiger partial charge on any atom is 0.320 e. The third kappa shape index (κ3) is 5.20. The molecule has 0 aliphatic rings. The maximum atomic E-state index is 13.8. The van der Waals surface area contributed by atoms with Crippen LogP contribution in [0.5, 0.6) is 5.75 Å². The van der Waals surface area contributed by atoms with Gasteiger partial charge in [-0.3, -0.25) is 9.69 Å². The van der Waals surface area contributed by atoms with Crippen molar-refractivity contribution in [2.75, 3.05) is 27.3 Å². The van der Waals surface area contributed by atoms with Gasteiger partial charge in [0, 0.05) is 23.9 Å². The summed E-state index contributed by atoms with van der Waals surface area (Å²) in [7, 11) is 3.44. The second-order valence-corrected chi connectivity index (χ2v) is 6.63. The minimum atomic E-state index is -0.327. The van der Waals surface area contributed by atoms with Gasteiger partial charge in [-0.05, 0) is 50.4 Å². The summed E-state index contributed by atoms with van der Waals surface area (Å²) in [6, 6.07) is 13.8. The van der Waals surface area contributed by atoms with Gasteiger partial charge < -0.3 is 9.47 Å². The minimum absolute atomic E-state index is 0.157. The predicted molar refractivity (Wildman–Crippen MR) is 108 cm³/mol. The van der Waals surface area contributed by atoms with E-state index in [0.29, 0.717) is 24.4 Å². The van der Waals surface area contributed by atoms with E-state index >= 15 is 0 Å². The van der Waals surface area contributed by atoms with Crippen molar-refractivity contribution in [1.82, 2.24) is 14.7 Å². The Balaban J connectivity index is 1.93. The quantitative estimate of drug-likeness (QED) is 0.543. The number of carbonyl (C=O) groups is 1. The first-order valence-electron chi connectivity index (χ1n) is 9.33. The Hall–Kier alpha value is -3.19. The van der Waals surface area contributed by atoms with Crippen LogP contribution in [-0.2, 0) is 16.1 Å². The molecule has 6 nitrogen and oxygen atoms in total. The highest BCUT2D eigenvalue weighted by Gasteiger charge is 2.16. The molecule has 3 rings (SSSR count). The average Bonchev–Trinajstić information content (AvgIpc) is 3.11. The van der Waals surface area contributed by atoms with Crippen LogP contribution in [0.2, 0.25) is 0 Å². The summed E-state index contributed by atoms with van der Waals surface area (Å²) in [4.78, 5) is 13.6. The Morgan fingerprint density at radius 1 is 1.21 bits per heavy atom. The number of rotatable bonds is 8. The summed E-state index contributed by atoms with van der Waals surface area (Å²) in [5.74, 6) is 0.137. The summed E-state index contributed by atoms with van der Waals surface area (Å²) in [6.45, 7) is 2.74. The number of carbonyl (C=O) groups excluding carboxylic acids is 1. The van der Waals surface area contributed by atoms with Crippen LogP contribution in [0.1, 0.15) is 12.5 Å². The van der Waals surface area contributed by atoms with E-state index in [1.54, 1.807) is 24.8 Å². The van der Waals surface area contributed by atoms with Gasteiger partial charge in [0.25, 0.3) is 0 Å². The Morgan fingerprint density at radius 2 is 1.97 bits per heavy atom. The number of likely N-dealkylation sites (N-methyl/N-ethyl adjacent to an activating group) is 1. The lowest BCUT2D eigenvalue weighted by molar-refractivity contribution is -0.144. The summed E-state index contributed by atoms with van der Waals surface area (Å²) >= 11 is 0. The third-order valence-corrected chi connectivity index (χ3v) is 4.37. The maximum absolute atomic E-state index is 13.8. The van der Waals surface area contributed by atoms with Crippen LogP contribution >= 0.6 is 0 Å². The second-order valence-electron chi connectivity index (χ2n) is 6.63. The zero-order valence-electron chi connectivity index (χ0n) is 16.8. The van der Waals surface area contributed by atoms with E-state index in [-0.39, 0.29) is 18.3 Å². The molecule has 1 aromatic heterocycles. The summed E-state index contributed by atoms with van der Waals surface area (Å²) in [5.41, 5.74) is 3.06. The number of methoxy groups -OCH3 is 1. The Kier molecular flexibility index (Phi) is 6.61. The van der Waals surface area contributed by atoms with Gasteiger partial charge in [0.05, 0.1) is 31.6 Å². The smallest absolute Gasteiger partial charge is 0.320 e. The minimum Gasteiger partial charge on any atom is -0.497 e. The van der Waals surface area contributed by atoms with Crippen molar-refractivity contribution in [3.8, 4) is 22.7 Å². The number of ether oxygens (including phenoxy) is 2. The number of benzene rings is 2. The van der Waals surface area contributed by atoms with Crippen molar-refractivity contribution in [1.29, 1.82) is 0 Å². The van der Waals surface area contributed by atoms with Crippen LogP contribution < -0.4 is 4.74 Å². The molecule has 0 saturated heterocycles. The Bertz CT molecular complexity index is 970. The van der Waals surface area contributed by atoms with Crippen molar-refractivity contribution in [3.05, 3.63) is 66.1 Å². The van der Waals surface area contributed by atoms with Gasteiger partial charge in [0.1, 0.15) is 11.6 Å². The first-order valence-corrected chi connectivity index (χ1v) is 9.33. The van der Waals surface area contributed by atoms with E-state index in [2.05, 4.69) is 5.10 Å². The molecule has 0 aliphatic carbocycles. The number of hydrogen-bond donors (Lipinski definition) is 0. The predicted octanol–water partition coefficient (Wildman–Crippen LogP) is 3.68. The number of halogens is 1. The van der Waals surface area contributed by atoms with Gasteiger partial charge >= 0.3 is 5.97 Å². The lowest BCUT2D eigenvalue weighted by Gasteiger charge is -2.15. The molecule has 3 aromatic rings. The lowest BCUT2D eigenvalue weighted by Crippen LogP contribution is -2.27. The lowest BCUT2D eigenvalue weighted by atomic mass is 10.1. The number of esters is 1. The zero-order chi connectivity index (χ0) is 20.8. The van der Waals surface area contributed by atoms with Crippen LogP contribution in [0, 0.1) is 5.82 Å². The fourth-order valence-corrected chi connectivity index (χ4v) is 3.05. The Morgan fingerprint density at radius 3 is 2.62 bits per heavy atom. The molecule has 0 N–H and O–H groups in total. The van der Waals surface area contributed by atoms with Crippen molar-refractivity contribution in [2.45, 2.75) is 13.5 Å². The topological polar surface area (TPSA) is 56.6 Å². The molecule has 0 fully saturated rings. The normalized spacial score (nSPS) is 10.9. The molecule has 0 unspecified atom stereocenters. The van der Waals surface area contributed by atoms with Gasteiger partial charge in [-0.25, -0.2) is 9.07 Å². The van der Waals surface area contributed by atoms with E-state index in [9.17, 15) is 9.18 Å². The highest BCUT2D eigenvalue weighted by molar-refractivity contribution is 5.71. The first kappa shape index (κ1) is 20.5. The first-order chi connectivity index (χ1) is 14.0. The molecular formula is C22H24FN3O3. The molecular weight excluding hydrogens is 373 g/mol. The van der Waals surface area contributed by atoms with Gasteiger partial charge in [0.2, 0.25) is 0 Å². The molecule has 0 bridgehead atoms. The fourth-order valence-electron chi connectivity index (χ4n) is 3.05. The van der Waals surface area contributed by atoms with Crippen molar-refractivity contribution in [2.24, 2.45) is 0 Å². The number of hydrogen-bond acceptors (Lipinski definition) is 5. The molecule has 2 aromatic carbocycles. The SMILES string of the molecule is CCOC(=O)CN(C)Cc1cn(-c2ccc(OC)cc2)nc1-c1cccc(F)c1. The van der Waals surface area contributed by atoms with Gasteiger partial charge in [-0.2, -0.15) is 5.10 Å². The van der Waals surface area contributed by atoms with Crippen molar-refractivity contribution < 1.29 is 18.7 Å². The van der Waals surface area contributed by atoms with E-state index in [1.165, 1.54) is 12.1 Å². The molecule has 0 spiro atoms. The summed E-state index contributed by atoms with van der Waals surface area (Å²) in [6.07, 6.45) is 1.89. The molecule has 0 amide bonds. The van der Waals surface area contributed by atoms with Crippen LogP contribution in [-0.4, -0.2) is 48.0 Å². The Labute approximate surface area is 169 Å². The standard InChI is InChI=1S/C22H24FN3O3/c1-4-29-21(27)15-25(2)13-17-14-26(19-8-10-20(28-3)11-9-19)24-22(17)16-6-5-7-18(23)12-16/h5-12,14H,4,13,15H2,1-3H3. The monoisotopic (exact) mass is 397 g/mol. The second kappa shape index (κ2) is 9.34. The van der Waals surface area contributed by atoms with Crippen molar-refractivity contribution in [3.63, 3.8) is 0 Å². The van der Waals surface area contributed by atoms with E-state index in [4.69, 9.17) is 9.47 Å². The van der Waals surface area contributed by atoms with Gasteiger partial charge in [-0.1, -0.05) is 12.1 Å². The zero-order valence-corrected chi connectivity index (χ0v) is 16.8. The third-order valence-electron chi connectivity index (χ3n) is 4.37. The highest BCUT2D eigenvalue weighted by Crippen LogP contribution is 2.26. The van der Waals surface area contributed by atoms with Crippen molar-refractivity contribution >= 4 is 5.97 Å². The molecule has 7 heteroatoms. The number of nitrogens with zero attached hydrogens (tertiary/aromatic N) is 3. The molecule has 152 valence electrons. The molecule has 0 radical (unpaired) electrons. The molecule has 0 atom stereocenters. The van der Waals surface area contributed by atoms with E-state index < -0.39 is 0 Å². The fraction of sp³-hybridized carbons (Fsp3) is 0.273. The highest BCUT2D eigenvalue weighted by atomic mass is 19.1. The average molecular weight is 397 g/mol. The van der Waals surface area contributed by atoms with Gasteiger partial charge in [0.15, 0.2) is 0 Å². The van der Waals surface area contributed by atoms with Crippen LogP contribution in [0.4, 0.5) is 4.39 Å². The van der Waals surface area contributed by atoms with Crippen LogP contribution in [0.25, 0.3) is 16.9 Å². The van der Waals surface area contributed by atoms with Gasteiger partial charge in [-0.15, -0.1) is 0 Å². The summed E-state index contributed by atoms with van der Waals surface area (Å²) < 4.78 is 25.8. The molecule has 0 aliphatic heterocycles. The largest absolute Gasteiger partial charge is 0.497 e. The van der Waals surface area contributed by atoms with Crippen LogP contribution in [0.15, 0.2) is 54.7 Å². The molecule has 29 heavy (non-hydrogen) atoms. The molecule has 1 heterocycles. The van der Waals surface area contributed by atoms with Crippen LogP contribution in [0.3, 0.4) is 0 Å². The molecule has 0 saturated carbocycles. The van der Waals surface area contributed by atoms with E-state index in [1.807, 2.05) is 48.5 Å². The van der Waals surface area contributed by atoms with E-state index in [0.717, 1.165) is 17.0 Å². The summed E-state index contributed by atoms with van der Waals surface area (Å²) in [5, 5.41) is 4.68. The number of aromatic nitrogens is 2.